The predicted octanol–water partition coefficient (Wildman–Crippen LogP) is 0.569. The molecule has 0 heterocycles. The molecule has 0 unspecified atom stereocenters. The van der Waals surface area contributed by atoms with Crippen molar-refractivity contribution in [1.82, 2.24) is 5.32 Å². The highest BCUT2D eigenvalue weighted by atomic mass is 14.8. The van der Waals surface area contributed by atoms with Crippen LogP contribution in [0.3, 0.4) is 0 Å². The zero-order valence-corrected chi connectivity index (χ0v) is 5.89. The number of nitriles is 2. The Morgan fingerprint density at radius 1 is 1.50 bits per heavy atom. The van der Waals surface area contributed by atoms with Crippen LogP contribution >= 0.6 is 0 Å². The number of nitrogens with zero attached hydrogens (tertiary/aromatic N) is 2. The molecule has 0 aliphatic heterocycles. The maximum atomic E-state index is 8.26. The number of allylic oxidation sites excluding steroid dienone is 1. The largest absolute Gasteiger partial charge is 0.319 e. The average Bonchev–Trinajstić information content (AvgIpc) is 1.99. The first-order valence-electron chi connectivity index (χ1n) is 3.00. The van der Waals surface area contributed by atoms with Gasteiger partial charge in [0.25, 0.3) is 0 Å². The Kier molecular flexibility index (Phi) is 5.04. The van der Waals surface area contributed by atoms with E-state index in [1.807, 2.05) is 7.05 Å². The van der Waals surface area contributed by atoms with E-state index in [1.54, 1.807) is 18.2 Å². The van der Waals surface area contributed by atoms with Crippen molar-refractivity contribution in [2.24, 2.45) is 0 Å². The fraction of sp³-hybridized carbons (Fsp3) is 0.429. The molecule has 0 saturated heterocycles. The lowest BCUT2D eigenvalue weighted by Crippen LogP contribution is -2.05. The van der Waals surface area contributed by atoms with Crippen LogP contribution in [0.2, 0.25) is 0 Å². The van der Waals surface area contributed by atoms with E-state index in [-0.39, 0.29) is 5.57 Å². The molecule has 0 rings (SSSR count). The summed E-state index contributed by atoms with van der Waals surface area (Å²) in [6.45, 7) is 0.798. The van der Waals surface area contributed by atoms with Crippen molar-refractivity contribution in [3.8, 4) is 12.1 Å². The van der Waals surface area contributed by atoms with Crippen LogP contribution in [0.15, 0.2) is 11.6 Å². The van der Waals surface area contributed by atoms with Gasteiger partial charge in [0.15, 0.2) is 0 Å². The van der Waals surface area contributed by atoms with Crippen molar-refractivity contribution in [1.29, 1.82) is 10.5 Å². The predicted molar refractivity (Wildman–Crippen MR) is 37.9 cm³/mol. The molecule has 0 radical (unpaired) electrons. The minimum atomic E-state index is 0.190. The SMILES string of the molecule is CNCCC=C(C#N)C#N. The van der Waals surface area contributed by atoms with Gasteiger partial charge in [-0.25, -0.2) is 0 Å². The molecule has 0 aliphatic carbocycles. The molecule has 52 valence electrons. The van der Waals surface area contributed by atoms with E-state index in [0.717, 1.165) is 13.0 Å². The summed E-state index contributed by atoms with van der Waals surface area (Å²) >= 11 is 0. The standard InChI is InChI=1S/C7H9N3/c1-10-4-2-3-7(5-8)6-9/h3,10H,2,4H2,1H3. The van der Waals surface area contributed by atoms with Crippen LogP contribution in [0.1, 0.15) is 6.42 Å². The van der Waals surface area contributed by atoms with E-state index < -0.39 is 0 Å². The second-order valence-electron chi connectivity index (χ2n) is 1.73. The van der Waals surface area contributed by atoms with E-state index in [9.17, 15) is 0 Å². The van der Waals surface area contributed by atoms with Crippen LogP contribution in [0.5, 0.6) is 0 Å². The first-order chi connectivity index (χ1) is 4.85. The van der Waals surface area contributed by atoms with Gasteiger partial charge in [-0.15, -0.1) is 0 Å². The lowest BCUT2D eigenvalue weighted by Gasteiger charge is -1.89. The Bertz CT molecular complexity index is 176. The molecular formula is C7H9N3. The van der Waals surface area contributed by atoms with Crippen molar-refractivity contribution in [2.75, 3.05) is 13.6 Å². The van der Waals surface area contributed by atoms with Gasteiger partial charge >= 0.3 is 0 Å². The van der Waals surface area contributed by atoms with Crippen LogP contribution in [-0.2, 0) is 0 Å². The van der Waals surface area contributed by atoms with Gasteiger partial charge in [0.05, 0.1) is 0 Å². The molecule has 0 aromatic heterocycles. The van der Waals surface area contributed by atoms with Gasteiger partial charge in [0.2, 0.25) is 0 Å². The van der Waals surface area contributed by atoms with E-state index in [0.29, 0.717) is 0 Å². The van der Waals surface area contributed by atoms with E-state index in [2.05, 4.69) is 5.32 Å². The van der Waals surface area contributed by atoms with Gasteiger partial charge in [-0.05, 0) is 20.0 Å². The molecule has 0 atom stereocenters. The normalized spacial score (nSPS) is 7.50. The van der Waals surface area contributed by atoms with Crippen molar-refractivity contribution < 1.29 is 0 Å². The first-order valence-corrected chi connectivity index (χ1v) is 3.00. The second kappa shape index (κ2) is 5.81. The van der Waals surface area contributed by atoms with Crippen LogP contribution < -0.4 is 5.32 Å². The van der Waals surface area contributed by atoms with Gasteiger partial charge < -0.3 is 5.32 Å². The van der Waals surface area contributed by atoms with Crippen molar-refractivity contribution in [2.45, 2.75) is 6.42 Å². The highest BCUT2D eigenvalue weighted by Crippen LogP contribution is 1.90. The Balaban J connectivity index is 3.71. The van der Waals surface area contributed by atoms with Crippen LogP contribution in [-0.4, -0.2) is 13.6 Å². The fourth-order valence-corrected chi connectivity index (χ4v) is 0.477. The number of rotatable bonds is 3. The molecule has 3 nitrogen and oxygen atoms in total. The smallest absolute Gasteiger partial charge is 0.125 e. The van der Waals surface area contributed by atoms with E-state index >= 15 is 0 Å². The maximum Gasteiger partial charge on any atom is 0.125 e. The van der Waals surface area contributed by atoms with Crippen molar-refractivity contribution >= 4 is 0 Å². The summed E-state index contributed by atoms with van der Waals surface area (Å²) in [5.41, 5.74) is 0.190. The molecular weight excluding hydrogens is 126 g/mol. The summed E-state index contributed by atoms with van der Waals surface area (Å²) in [5, 5.41) is 19.4. The molecule has 0 bridgehead atoms. The molecule has 0 spiro atoms. The maximum absolute atomic E-state index is 8.26. The topological polar surface area (TPSA) is 59.6 Å². The highest BCUT2D eigenvalue weighted by molar-refractivity contribution is 5.34. The van der Waals surface area contributed by atoms with Gasteiger partial charge in [0, 0.05) is 0 Å². The van der Waals surface area contributed by atoms with Crippen molar-refractivity contribution in [3.63, 3.8) is 0 Å². The van der Waals surface area contributed by atoms with E-state index in [4.69, 9.17) is 10.5 Å². The third-order valence-electron chi connectivity index (χ3n) is 0.984. The lowest BCUT2D eigenvalue weighted by molar-refractivity contribution is 0.807. The molecule has 0 fully saturated rings. The van der Waals surface area contributed by atoms with Gasteiger partial charge in [-0.3, -0.25) is 0 Å². The van der Waals surface area contributed by atoms with Gasteiger partial charge in [-0.1, -0.05) is 6.08 Å². The van der Waals surface area contributed by atoms with Gasteiger partial charge in [0.1, 0.15) is 17.7 Å². The third kappa shape index (κ3) is 3.65. The van der Waals surface area contributed by atoms with E-state index in [1.165, 1.54) is 0 Å². The molecule has 0 aromatic carbocycles. The summed E-state index contributed by atoms with van der Waals surface area (Å²) in [4.78, 5) is 0. The summed E-state index contributed by atoms with van der Waals surface area (Å²) in [7, 11) is 1.83. The monoisotopic (exact) mass is 135 g/mol. The quantitative estimate of drug-likeness (QED) is 0.454. The van der Waals surface area contributed by atoms with Crippen LogP contribution in [0.4, 0.5) is 0 Å². The Hall–Kier alpha value is -1.32. The Morgan fingerprint density at radius 2 is 2.10 bits per heavy atom. The minimum Gasteiger partial charge on any atom is -0.319 e. The summed E-state index contributed by atoms with van der Waals surface area (Å²) in [6, 6.07) is 3.57. The molecule has 0 saturated carbocycles. The first kappa shape index (κ1) is 8.68. The number of nitrogens with one attached hydrogen (secondary N) is 1. The lowest BCUT2D eigenvalue weighted by atomic mass is 10.2. The van der Waals surface area contributed by atoms with Crippen LogP contribution in [0, 0.1) is 22.7 Å². The Labute approximate surface area is 60.6 Å². The molecule has 0 aromatic rings. The van der Waals surface area contributed by atoms with Crippen LogP contribution in [0.25, 0.3) is 0 Å². The summed E-state index contributed by atoms with van der Waals surface area (Å²) in [5.74, 6) is 0. The molecule has 0 aliphatic rings. The number of hydrogen-bond acceptors (Lipinski definition) is 3. The fourth-order valence-electron chi connectivity index (χ4n) is 0.477. The highest BCUT2D eigenvalue weighted by Gasteiger charge is 1.87. The zero-order chi connectivity index (χ0) is 7.82. The molecule has 1 N–H and O–H groups in total. The molecule has 0 amide bonds. The average molecular weight is 135 g/mol. The van der Waals surface area contributed by atoms with Gasteiger partial charge in [-0.2, -0.15) is 10.5 Å². The minimum absolute atomic E-state index is 0.190. The second-order valence-corrected chi connectivity index (χ2v) is 1.73. The molecule has 10 heavy (non-hydrogen) atoms. The van der Waals surface area contributed by atoms with Crippen molar-refractivity contribution in [3.05, 3.63) is 11.6 Å². The third-order valence-corrected chi connectivity index (χ3v) is 0.984. The Morgan fingerprint density at radius 3 is 2.50 bits per heavy atom. The molecule has 3 heteroatoms. The number of hydrogen-bond donors (Lipinski definition) is 1. The zero-order valence-electron chi connectivity index (χ0n) is 5.89. The summed E-state index contributed by atoms with van der Waals surface area (Å²) < 4.78 is 0. The summed E-state index contributed by atoms with van der Waals surface area (Å²) in [6.07, 6.45) is 2.35.